The molecule has 0 bridgehead atoms. The molecule has 0 radical (unpaired) electrons. The summed E-state index contributed by atoms with van der Waals surface area (Å²) in [6.45, 7) is 0.807. The first kappa shape index (κ1) is 12.3. The molecule has 1 fully saturated rings. The smallest absolute Gasteiger partial charge is 0.307 e. The molecular weight excluding hydrogens is 239 g/mol. The molecule has 2 rings (SSSR count). The lowest BCUT2D eigenvalue weighted by molar-refractivity contribution is -0.143. The number of halogens is 1. The molecule has 1 aromatic carbocycles. The molecule has 0 spiro atoms. The summed E-state index contributed by atoms with van der Waals surface area (Å²) in [5, 5.41) is 20.3. The lowest BCUT2D eigenvalue weighted by Gasteiger charge is -2.41. The highest BCUT2D eigenvalue weighted by Crippen LogP contribution is 2.26. The molecule has 1 aliphatic heterocycles. The number of rotatable bonds is 4. The number of nitriles is 1. The summed E-state index contributed by atoms with van der Waals surface area (Å²) in [6, 6.07) is 5.58. The summed E-state index contributed by atoms with van der Waals surface area (Å²) in [7, 11) is 0. The first-order valence-electron chi connectivity index (χ1n) is 5.36. The first-order valence-corrected chi connectivity index (χ1v) is 5.36. The van der Waals surface area contributed by atoms with Gasteiger partial charge in [-0.2, -0.15) is 5.26 Å². The van der Waals surface area contributed by atoms with Gasteiger partial charge in [0.15, 0.2) is 0 Å². The Labute approximate surface area is 103 Å². The van der Waals surface area contributed by atoms with Crippen molar-refractivity contribution in [3.05, 3.63) is 29.6 Å². The third-order valence-corrected chi connectivity index (χ3v) is 2.76. The highest BCUT2D eigenvalue weighted by atomic mass is 19.1. The van der Waals surface area contributed by atoms with E-state index in [4.69, 9.17) is 15.1 Å². The SMILES string of the molecule is N#Cc1ccc(OC2(CC(=O)O)CNC2)cc1F. The Bertz CT molecular complexity index is 521. The topological polar surface area (TPSA) is 82.3 Å². The fourth-order valence-electron chi connectivity index (χ4n) is 1.81. The maximum absolute atomic E-state index is 13.4. The average molecular weight is 250 g/mol. The fourth-order valence-corrected chi connectivity index (χ4v) is 1.81. The Kier molecular flexibility index (Phi) is 3.17. The van der Waals surface area contributed by atoms with Crippen LogP contribution >= 0.6 is 0 Å². The van der Waals surface area contributed by atoms with Crippen LogP contribution in [0.1, 0.15) is 12.0 Å². The molecule has 0 aliphatic carbocycles. The predicted molar refractivity (Wildman–Crippen MR) is 59.6 cm³/mol. The van der Waals surface area contributed by atoms with E-state index in [-0.39, 0.29) is 17.7 Å². The van der Waals surface area contributed by atoms with Gasteiger partial charge >= 0.3 is 5.97 Å². The van der Waals surface area contributed by atoms with Crippen LogP contribution in [0.25, 0.3) is 0 Å². The number of hydrogen-bond donors (Lipinski definition) is 2. The van der Waals surface area contributed by atoms with Crippen LogP contribution in [0.5, 0.6) is 5.75 Å². The van der Waals surface area contributed by atoms with Crippen LogP contribution in [-0.2, 0) is 4.79 Å². The number of aliphatic carboxylic acids is 1. The molecule has 1 heterocycles. The second-order valence-electron chi connectivity index (χ2n) is 4.21. The minimum absolute atomic E-state index is 0.0682. The van der Waals surface area contributed by atoms with E-state index < -0.39 is 17.4 Å². The van der Waals surface area contributed by atoms with Crippen LogP contribution in [0.15, 0.2) is 18.2 Å². The molecule has 18 heavy (non-hydrogen) atoms. The lowest BCUT2D eigenvalue weighted by Crippen LogP contribution is -2.64. The van der Waals surface area contributed by atoms with Gasteiger partial charge in [-0.15, -0.1) is 0 Å². The van der Waals surface area contributed by atoms with Gasteiger partial charge in [0.1, 0.15) is 23.2 Å². The predicted octanol–water partition coefficient (Wildman–Crippen LogP) is 0.893. The number of hydrogen-bond acceptors (Lipinski definition) is 4. The molecule has 0 atom stereocenters. The number of benzene rings is 1. The molecule has 1 aromatic rings. The second kappa shape index (κ2) is 4.63. The van der Waals surface area contributed by atoms with E-state index in [9.17, 15) is 9.18 Å². The van der Waals surface area contributed by atoms with Crippen LogP contribution in [0.4, 0.5) is 4.39 Å². The zero-order valence-electron chi connectivity index (χ0n) is 9.44. The molecule has 0 amide bonds. The first-order chi connectivity index (χ1) is 8.54. The fraction of sp³-hybridized carbons (Fsp3) is 0.333. The van der Waals surface area contributed by atoms with Gasteiger partial charge in [0.2, 0.25) is 0 Å². The maximum Gasteiger partial charge on any atom is 0.307 e. The Hall–Kier alpha value is -2.13. The summed E-state index contributed by atoms with van der Waals surface area (Å²) in [5.74, 6) is -1.41. The van der Waals surface area contributed by atoms with E-state index in [0.717, 1.165) is 6.07 Å². The standard InChI is InChI=1S/C12H11FN2O3/c13-10-3-9(2-1-8(10)5-14)18-12(4-11(16)17)6-15-7-12/h1-3,15H,4,6-7H2,(H,16,17). The van der Waals surface area contributed by atoms with Crippen molar-refractivity contribution in [2.45, 2.75) is 12.0 Å². The number of nitrogens with one attached hydrogen (secondary N) is 1. The number of carbonyl (C=O) groups is 1. The van der Waals surface area contributed by atoms with Crippen molar-refractivity contribution in [2.24, 2.45) is 0 Å². The molecule has 2 N–H and O–H groups in total. The van der Waals surface area contributed by atoms with E-state index in [1.807, 2.05) is 0 Å². The molecule has 6 heteroatoms. The van der Waals surface area contributed by atoms with Crippen molar-refractivity contribution in [3.63, 3.8) is 0 Å². The quantitative estimate of drug-likeness (QED) is 0.829. The molecule has 1 aliphatic rings. The van der Waals surface area contributed by atoms with E-state index >= 15 is 0 Å². The van der Waals surface area contributed by atoms with Crippen LogP contribution in [0, 0.1) is 17.1 Å². The Morgan fingerprint density at radius 3 is 2.78 bits per heavy atom. The van der Waals surface area contributed by atoms with Crippen molar-refractivity contribution in [3.8, 4) is 11.8 Å². The summed E-state index contributed by atoms with van der Waals surface area (Å²) >= 11 is 0. The minimum Gasteiger partial charge on any atom is -0.484 e. The number of carboxylic acids is 1. The Morgan fingerprint density at radius 2 is 2.33 bits per heavy atom. The number of nitrogens with zero attached hydrogens (tertiary/aromatic N) is 1. The maximum atomic E-state index is 13.4. The normalized spacial score (nSPS) is 16.4. The van der Waals surface area contributed by atoms with Crippen molar-refractivity contribution < 1.29 is 19.0 Å². The Balaban J connectivity index is 2.15. The molecule has 0 saturated carbocycles. The monoisotopic (exact) mass is 250 g/mol. The summed E-state index contributed by atoms with van der Waals surface area (Å²) in [5.41, 5.74) is -0.895. The molecule has 5 nitrogen and oxygen atoms in total. The molecule has 0 aromatic heterocycles. The lowest BCUT2D eigenvalue weighted by atomic mass is 9.92. The van der Waals surface area contributed by atoms with Gasteiger partial charge in [0.05, 0.1) is 12.0 Å². The Morgan fingerprint density at radius 1 is 1.61 bits per heavy atom. The largest absolute Gasteiger partial charge is 0.484 e. The van der Waals surface area contributed by atoms with Crippen LogP contribution < -0.4 is 10.1 Å². The minimum atomic E-state index is -0.967. The van der Waals surface area contributed by atoms with Crippen molar-refractivity contribution in [2.75, 3.05) is 13.1 Å². The van der Waals surface area contributed by atoms with E-state index in [1.54, 1.807) is 6.07 Å². The summed E-state index contributed by atoms with van der Waals surface area (Å²) in [4.78, 5) is 10.7. The van der Waals surface area contributed by atoms with Crippen molar-refractivity contribution in [1.82, 2.24) is 5.32 Å². The summed E-state index contributed by atoms with van der Waals surface area (Å²) < 4.78 is 18.9. The van der Waals surface area contributed by atoms with E-state index in [1.165, 1.54) is 12.1 Å². The van der Waals surface area contributed by atoms with Gasteiger partial charge in [0, 0.05) is 19.2 Å². The molecule has 0 unspecified atom stereocenters. The highest BCUT2D eigenvalue weighted by molar-refractivity contribution is 5.68. The van der Waals surface area contributed by atoms with Gasteiger partial charge in [-0.1, -0.05) is 0 Å². The van der Waals surface area contributed by atoms with Crippen LogP contribution in [-0.4, -0.2) is 29.8 Å². The van der Waals surface area contributed by atoms with Gasteiger partial charge < -0.3 is 15.2 Å². The van der Waals surface area contributed by atoms with E-state index in [0.29, 0.717) is 13.1 Å². The third kappa shape index (κ3) is 2.41. The van der Waals surface area contributed by atoms with Crippen molar-refractivity contribution in [1.29, 1.82) is 5.26 Å². The highest BCUT2D eigenvalue weighted by Gasteiger charge is 2.41. The average Bonchev–Trinajstić information content (AvgIpc) is 2.25. The molecular formula is C12H11FN2O3. The number of carboxylic acid groups (broad SMARTS) is 1. The zero-order chi connectivity index (χ0) is 13.2. The molecule has 1 saturated heterocycles. The van der Waals surface area contributed by atoms with Crippen LogP contribution in [0.2, 0.25) is 0 Å². The van der Waals surface area contributed by atoms with Crippen molar-refractivity contribution >= 4 is 5.97 Å². The van der Waals surface area contributed by atoms with E-state index in [2.05, 4.69) is 5.32 Å². The zero-order valence-corrected chi connectivity index (χ0v) is 9.44. The van der Waals surface area contributed by atoms with Gasteiger partial charge in [0.25, 0.3) is 0 Å². The third-order valence-electron chi connectivity index (χ3n) is 2.76. The molecule has 94 valence electrons. The van der Waals surface area contributed by atoms with Gasteiger partial charge in [-0.05, 0) is 12.1 Å². The van der Waals surface area contributed by atoms with Gasteiger partial charge in [-0.3, -0.25) is 4.79 Å². The van der Waals surface area contributed by atoms with Crippen LogP contribution in [0.3, 0.4) is 0 Å². The summed E-state index contributed by atoms with van der Waals surface area (Å²) in [6.07, 6.45) is -0.151. The second-order valence-corrected chi connectivity index (χ2v) is 4.21. The number of ether oxygens (including phenoxy) is 1. The van der Waals surface area contributed by atoms with Gasteiger partial charge in [-0.25, -0.2) is 4.39 Å².